The molecular weight excluding hydrogens is 176 g/mol. The van der Waals surface area contributed by atoms with E-state index >= 15 is 0 Å². The predicted octanol–water partition coefficient (Wildman–Crippen LogP) is 0.502. The first-order valence-electron chi connectivity index (χ1n) is 4.14. The fourth-order valence-corrected chi connectivity index (χ4v) is 3.28. The Hall–Kier alpha value is -0.350. The quantitative estimate of drug-likeness (QED) is 0.659. The van der Waals surface area contributed by atoms with Crippen molar-refractivity contribution in [3.63, 3.8) is 0 Å². The summed E-state index contributed by atoms with van der Waals surface area (Å²) >= 11 is 0. The molecule has 1 fully saturated rings. The highest BCUT2D eigenvalue weighted by molar-refractivity contribution is 7.92. The highest BCUT2D eigenvalue weighted by Crippen LogP contribution is 2.22. The molecule has 0 aliphatic carbocycles. The third-order valence-electron chi connectivity index (χ3n) is 2.13. The van der Waals surface area contributed by atoms with E-state index in [1.165, 1.54) is 0 Å². The first-order valence-corrected chi connectivity index (χ1v) is 5.86. The molecule has 0 radical (unpaired) electrons. The van der Waals surface area contributed by atoms with Crippen molar-refractivity contribution in [2.45, 2.75) is 24.5 Å². The van der Waals surface area contributed by atoms with Gasteiger partial charge in [0, 0.05) is 0 Å². The molecule has 0 aromatic rings. The summed E-state index contributed by atoms with van der Waals surface area (Å²) in [6.07, 6.45) is 5.46. The molecule has 0 aromatic heterocycles. The van der Waals surface area contributed by atoms with E-state index in [9.17, 15) is 8.42 Å². The summed E-state index contributed by atoms with van der Waals surface area (Å²) in [5.41, 5.74) is 0. The Morgan fingerprint density at radius 2 is 2.17 bits per heavy atom. The van der Waals surface area contributed by atoms with Gasteiger partial charge in [0.15, 0.2) is 9.84 Å². The number of rotatable bonds is 3. The summed E-state index contributed by atoms with van der Waals surface area (Å²) < 4.78 is 22.5. The maximum absolute atomic E-state index is 11.3. The van der Waals surface area contributed by atoms with Crippen LogP contribution < -0.4 is 0 Å². The van der Waals surface area contributed by atoms with Crippen molar-refractivity contribution in [1.29, 1.82) is 0 Å². The number of allylic oxidation sites excluding steroid dienone is 1. The van der Waals surface area contributed by atoms with Crippen LogP contribution in [0.25, 0.3) is 0 Å². The molecule has 1 aliphatic heterocycles. The zero-order valence-corrected chi connectivity index (χ0v) is 7.76. The minimum Gasteiger partial charge on any atom is -0.392 e. The van der Waals surface area contributed by atoms with Gasteiger partial charge in [-0.05, 0) is 19.3 Å². The van der Waals surface area contributed by atoms with E-state index in [0.717, 1.165) is 12.8 Å². The molecule has 3 nitrogen and oxygen atoms in total. The second-order valence-corrected chi connectivity index (χ2v) is 5.42. The molecule has 1 rings (SSSR count). The van der Waals surface area contributed by atoms with E-state index in [4.69, 9.17) is 5.11 Å². The smallest absolute Gasteiger partial charge is 0.153 e. The average molecular weight is 190 g/mol. The van der Waals surface area contributed by atoms with Crippen LogP contribution in [-0.2, 0) is 9.84 Å². The zero-order chi connectivity index (χ0) is 9.03. The van der Waals surface area contributed by atoms with Gasteiger partial charge in [-0.1, -0.05) is 12.2 Å². The van der Waals surface area contributed by atoms with Crippen LogP contribution in [0.1, 0.15) is 19.3 Å². The van der Waals surface area contributed by atoms with Gasteiger partial charge >= 0.3 is 0 Å². The molecule has 0 aromatic carbocycles. The lowest BCUT2D eigenvalue weighted by Gasteiger charge is -2.03. The van der Waals surface area contributed by atoms with Gasteiger partial charge in [0.25, 0.3) is 0 Å². The van der Waals surface area contributed by atoms with Crippen LogP contribution in [0.15, 0.2) is 12.2 Å². The lowest BCUT2D eigenvalue weighted by molar-refractivity contribution is 0.342. The largest absolute Gasteiger partial charge is 0.392 e. The van der Waals surface area contributed by atoms with Crippen molar-refractivity contribution in [1.82, 2.24) is 0 Å². The molecule has 4 heteroatoms. The monoisotopic (exact) mass is 190 g/mol. The molecule has 1 unspecified atom stereocenters. The summed E-state index contributed by atoms with van der Waals surface area (Å²) in [5.74, 6) is 0.338. The van der Waals surface area contributed by atoms with Crippen molar-refractivity contribution in [3.8, 4) is 0 Å². The van der Waals surface area contributed by atoms with Crippen LogP contribution in [0.4, 0.5) is 0 Å². The maximum Gasteiger partial charge on any atom is 0.153 e. The van der Waals surface area contributed by atoms with Crippen molar-refractivity contribution in [3.05, 3.63) is 12.2 Å². The Morgan fingerprint density at radius 3 is 2.67 bits per heavy atom. The highest BCUT2D eigenvalue weighted by Gasteiger charge is 2.29. The van der Waals surface area contributed by atoms with Crippen LogP contribution in [0.5, 0.6) is 0 Å². The zero-order valence-electron chi connectivity index (χ0n) is 6.94. The average Bonchev–Trinajstić information content (AvgIpc) is 2.32. The first kappa shape index (κ1) is 9.74. The van der Waals surface area contributed by atoms with Gasteiger partial charge < -0.3 is 5.11 Å². The topological polar surface area (TPSA) is 54.4 Å². The number of sulfone groups is 1. The number of hydrogen-bond donors (Lipinski definition) is 1. The summed E-state index contributed by atoms with van der Waals surface area (Å²) in [5, 5.41) is 8.24. The first-order chi connectivity index (χ1) is 5.67. The van der Waals surface area contributed by atoms with Gasteiger partial charge in [0.2, 0.25) is 0 Å². The molecule has 1 aliphatic rings. The minimum atomic E-state index is -2.80. The van der Waals surface area contributed by atoms with Crippen molar-refractivity contribution in [2.24, 2.45) is 0 Å². The van der Waals surface area contributed by atoms with Crippen molar-refractivity contribution in [2.75, 3.05) is 12.4 Å². The van der Waals surface area contributed by atoms with Crippen LogP contribution in [0.3, 0.4) is 0 Å². The van der Waals surface area contributed by atoms with E-state index in [1.807, 2.05) is 0 Å². The normalized spacial score (nSPS) is 28.2. The lowest BCUT2D eigenvalue weighted by Crippen LogP contribution is -2.14. The Labute approximate surface area is 73.0 Å². The molecule has 1 heterocycles. The summed E-state index contributed by atoms with van der Waals surface area (Å²) in [6, 6.07) is 0. The fourth-order valence-electron chi connectivity index (χ4n) is 1.45. The molecule has 1 N–H and O–H groups in total. The fraction of sp³-hybridized carbons (Fsp3) is 0.750. The molecule has 0 amide bonds. The molecule has 0 bridgehead atoms. The number of aliphatic hydroxyl groups excluding tert-OH is 1. The van der Waals surface area contributed by atoms with Crippen LogP contribution >= 0.6 is 0 Å². The second kappa shape index (κ2) is 4.05. The maximum atomic E-state index is 11.3. The molecule has 70 valence electrons. The molecule has 0 saturated carbocycles. The molecule has 1 atom stereocenters. The molecule has 0 spiro atoms. The second-order valence-electron chi connectivity index (χ2n) is 3.02. The Bertz CT molecular complexity index is 253. The van der Waals surface area contributed by atoms with Gasteiger partial charge in [-0.25, -0.2) is 8.42 Å². The van der Waals surface area contributed by atoms with E-state index in [0.29, 0.717) is 12.2 Å². The van der Waals surface area contributed by atoms with Gasteiger partial charge in [0.05, 0.1) is 17.6 Å². The van der Waals surface area contributed by atoms with Crippen LogP contribution in [0.2, 0.25) is 0 Å². The Morgan fingerprint density at radius 1 is 1.42 bits per heavy atom. The molecular formula is C8H14O3S. The highest BCUT2D eigenvalue weighted by atomic mass is 32.2. The van der Waals surface area contributed by atoms with E-state index in [2.05, 4.69) is 0 Å². The number of hydrogen-bond acceptors (Lipinski definition) is 3. The molecule has 12 heavy (non-hydrogen) atoms. The van der Waals surface area contributed by atoms with Crippen LogP contribution in [0, 0.1) is 0 Å². The summed E-state index contributed by atoms with van der Waals surface area (Å²) in [7, 11) is -2.80. The van der Waals surface area contributed by atoms with E-state index in [1.54, 1.807) is 12.2 Å². The van der Waals surface area contributed by atoms with Crippen molar-refractivity contribution >= 4 is 9.84 Å². The van der Waals surface area contributed by atoms with Gasteiger partial charge in [-0.3, -0.25) is 0 Å². The third-order valence-corrected chi connectivity index (χ3v) is 4.44. The van der Waals surface area contributed by atoms with Crippen molar-refractivity contribution < 1.29 is 13.5 Å². The molecule has 1 saturated heterocycles. The Kier molecular flexibility index (Phi) is 3.29. The van der Waals surface area contributed by atoms with Gasteiger partial charge in [-0.15, -0.1) is 0 Å². The predicted molar refractivity (Wildman–Crippen MR) is 47.7 cm³/mol. The summed E-state index contributed by atoms with van der Waals surface area (Å²) in [4.78, 5) is 0. The van der Waals surface area contributed by atoms with E-state index < -0.39 is 9.84 Å². The number of aliphatic hydroxyl groups is 1. The minimum absolute atomic E-state index is 0.00717. The lowest BCUT2D eigenvalue weighted by atomic mass is 10.2. The van der Waals surface area contributed by atoms with Gasteiger partial charge in [0.1, 0.15) is 0 Å². The van der Waals surface area contributed by atoms with Crippen LogP contribution in [-0.4, -0.2) is 31.1 Å². The third kappa shape index (κ3) is 2.32. The van der Waals surface area contributed by atoms with E-state index in [-0.39, 0.29) is 11.9 Å². The Balaban J connectivity index is 2.48. The SMILES string of the molecule is O=S1(=O)CCCC1C/C=C\CO. The summed E-state index contributed by atoms with van der Waals surface area (Å²) in [6.45, 7) is -0.00717. The van der Waals surface area contributed by atoms with Gasteiger partial charge in [-0.2, -0.15) is 0 Å². The standard InChI is InChI=1S/C8H14O3S/c9-6-2-1-4-8-5-3-7-12(8,10)11/h1-2,8-9H,3-7H2/b2-1-.